The number of benzene rings is 2. The molecule has 0 heterocycles. The molecule has 4 heteroatoms. The standard InChI is InChI=1S/C15H15BrINO/c1-2-18-10-11-6-7-14(9-15(11)16)19-13-5-3-4-12(17)8-13/h3-9,18H,2,10H2,1H3. The van der Waals surface area contributed by atoms with Gasteiger partial charge in [-0.25, -0.2) is 0 Å². The molecule has 0 unspecified atom stereocenters. The molecule has 2 nitrogen and oxygen atoms in total. The minimum absolute atomic E-state index is 0.842. The van der Waals surface area contributed by atoms with E-state index in [1.807, 2.05) is 36.4 Å². The van der Waals surface area contributed by atoms with Crippen LogP contribution in [0.1, 0.15) is 12.5 Å². The second-order valence-corrected chi connectivity index (χ2v) is 6.19. The van der Waals surface area contributed by atoms with Crippen molar-refractivity contribution in [3.05, 3.63) is 56.1 Å². The Morgan fingerprint density at radius 2 is 1.95 bits per heavy atom. The molecule has 19 heavy (non-hydrogen) atoms. The van der Waals surface area contributed by atoms with Crippen LogP contribution in [0.3, 0.4) is 0 Å². The van der Waals surface area contributed by atoms with Crippen LogP contribution in [0.5, 0.6) is 11.5 Å². The van der Waals surface area contributed by atoms with Gasteiger partial charge >= 0.3 is 0 Å². The number of ether oxygens (including phenoxy) is 1. The summed E-state index contributed by atoms with van der Waals surface area (Å²) in [5.74, 6) is 1.70. The quantitative estimate of drug-likeness (QED) is 0.676. The number of hydrogen-bond donors (Lipinski definition) is 1. The van der Waals surface area contributed by atoms with Gasteiger partial charge in [-0.05, 0) is 65.0 Å². The normalized spacial score (nSPS) is 10.5. The molecule has 0 spiro atoms. The Bertz CT molecular complexity index is 560. The van der Waals surface area contributed by atoms with Crippen molar-refractivity contribution in [2.24, 2.45) is 0 Å². The van der Waals surface area contributed by atoms with Gasteiger partial charge in [-0.15, -0.1) is 0 Å². The number of rotatable bonds is 5. The van der Waals surface area contributed by atoms with E-state index < -0.39 is 0 Å². The fraction of sp³-hybridized carbons (Fsp3) is 0.200. The fourth-order valence-electron chi connectivity index (χ4n) is 1.66. The molecule has 2 rings (SSSR count). The van der Waals surface area contributed by atoms with E-state index in [1.165, 1.54) is 5.56 Å². The molecule has 0 saturated carbocycles. The molecule has 0 saturated heterocycles. The smallest absolute Gasteiger partial charge is 0.128 e. The highest BCUT2D eigenvalue weighted by Crippen LogP contribution is 2.27. The third-order valence-electron chi connectivity index (χ3n) is 2.62. The lowest BCUT2D eigenvalue weighted by molar-refractivity contribution is 0.481. The van der Waals surface area contributed by atoms with Gasteiger partial charge in [0.05, 0.1) is 0 Å². The molecular formula is C15H15BrINO. The lowest BCUT2D eigenvalue weighted by Crippen LogP contribution is -2.11. The average Bonchev–Trinajstić information content (AvgIpc) is 2.38. The monoisotopic (exact) mass is 431 g/mol. The summed E-state index contributed by atoms with van der Waals surface area (Å²) >= 11 is 5.86. The summed E-state index contributed by atoms with van der Waals surface area (Å²) in [7, 11) is 0. The summed E-state index contributed by atoms with van der Waals surface area (Å²) in [5, 5.41) is 3.31. The van der Waals surface area contributed by atoms with Gasteiger partial charge < -0.3 is 10.1 Å². The van der Waals surface area contributed by atoms with Crippen LogP contribution in [0, 0.1) is 3.57 Å². The van der Waals surface area contributed by atoms with Crippen LogP contribution in [0.2, 0.25) is 0 Å². The zero-order chi connectivity index (χ0) is 13.7. The molecule has 0 radical (unpaired) electrons. The van der Waals surface area contributed by atoms with E-state index in [4.69, 9.17) is 4.74 Å². The van der Waals surface area contributed by atoms with Gasteiger partial charge in [-0.3, -0.25) is 0 Å². The van der Waals surface area contributed by atoms with Gasteiger partial charge in [0.25, 0.3) is 0 Å². The molecule has 0 bridgehead atoms. The first kappa shape index (κ1) is 14.8. The van der Waals surface area contributed by atoms with E-state index in [1.54, 1.807) is 0 Å². The molecule has 0 amide bonds. The van der Waals surface area contributed by atoms with E-state index in [2.05, 4.69) is 56.8 Å². The number of halogens is 2. The highest BCUT2D eigenvalue weighted by Gasteiger charge is 2.03. The van der Waals surface area contributed by atoms with Gasteiger partial charge in [-0.1, -0.05) is 35.0 Å². The first-order valence-electron chi connectivity index (χ1n) is 6.11. The zero-order valence-electron chi connectivity index (χ0n) is 10.6. The zero-order valence-corrected chi connectivity index (χ0v) is 14.4. The molecule has 0 aliphatic carbocycles. The second-order valence-electron chi connectivity index (χ2n) is 4.09. The van der Waals surface area contributed by atoms with Crippen LogP contribution in [-0.2, 0) is 6.54 Å². The van der Waals surface area contributed by atoms with Gasteiger partial charge in [0.1, 0.15) is 11.5 Å². The Morgan fingerprint density at radius 1 is 1.16 bits per heavy atom. The average molecular weight is 432 g/mol. The summed E-state index contributed by atoms with van der Waals surface area (Å²) in [4.78, 5) is 0. The van der Waals surface area contributed by atoms with Crippen molar-refractivity contribution >= 4 is 38.5 Å². The van der Waals surface area contributed by atoms with Crippen molar-refractivity contribution in [2.45, 2.75) is 13.5 Å². The molecule has 0 aliphatic heterocycles. The maximum absolute atomic E-state index is 5.84. The molecule has 100 valence electrons. The summed E-state index contributed by atoms with van der Waals surface area (Å²) in [6, 6.07) is 14.1. The van der Waals surface area contributed by atoms with E-state index in [9.17, 15) is 0 Å². The molecule has 2 aromatic carbocycles. The maximum Gasteiger partial charge on any atom is 0.128 e. The highest BCUT2D eigenvalue weighted by atomic mass is 127. The molecule has 0 fully saturated rings. The van der Waals surface area contributed by atoms with E-state index in [-0.39, 0.29) is 0 Å². The Kier molecular flexibility index (Phi) is 5.66. The predicted octanol–water partition coefficient (Wildman–Crippen LogP) is 4.96. The lowest BCUT2D eigenvalue weighted by Gasteiger charge is -2.09. The summed E-state index contributed by atoms with van der Waals surface area (Å²) in [6.45, 7) is 3.93. The first-order valence-corrected chi connectivity index (χ1v) is 7.99. The molecule has 0 aromatic heterocycles. The Morgan fingerprint density at radius 3 is 2.63 bits per heavy atom. The van der Waals surface area contributed by atoms with Crippen LogP contribution in [-0.4, -0.2) is 6.54 Å². The van der Waals surface area contributed by atoms with Crippen molar-refractivity contribution in [3.8, 4) is 11.5 Å². The van der Waals surface area contributed by atoms with Crippen molar-refractivity contribution < 1.29 is 4.74 Å². The molecule has 0 aliphatic rings. The van der Waals surface area contributed by atoms with Crippen molar-refractivity contribution in [3.63, 3.8) is 0 Å². The summed E-state index contributed by atoms with van der Waals surface area (Å²) in [6.07, 6.45) is 0. The third-order valence-corrected chi connectivity index (χ3v) is 4.03. The van der Waals surface area contributed by atoms with Crippen LogP contribution in [0.4, 0.5) is 0 Å². The topological polar surface area (TPSA) is 21.3 Å². The van der Waals surface area contributed by atoms with Gasteiger partial charge in [0.15, 0.2) is 0 Å². The Labute approximate surface area is 135 Å². The summed E-state index contributed by atoms with van der Waals surface area (Å²) in [5.41, 5.74) is 1.23. The summed E-state index contributed by atoms with van der Waals surface area (Å²) < 4.78 is 8.08. The van der Waals surface area contributed by atoms with Crippen LogP contribution >= 0.6 is 38.5 Å². The SMILES string of the molecule is CCNCc1ccc(Oc2cccc(I)c2)cc1Br. The lowest BCUT2D eigenvalue weighted by atomic mass is 10.2. The third kappa shape index (κ3) is 4.47. The molecule has 0 atom stereocenters. The Hall–Kier alpha value is -0.590. The predicted molar refractivity (Wildman–Crippen MR) is 90.8 cm³/mol. The van der Waals surface area contributed by atoms with E-state index in [0.717, 1.165) is 32.6 Å². The van der Waals surface area contributed by atoms with Gasteiger partial charge in [0, 0.05) is 14.6 Å². The number of nitrogens with one attached hydrogen (secondary N) is 1. The van der Waals surface area contributed by atoms with E-state index >= 15 is 0 Å². The maximum atomic E-state index is 5.84. The minimum atomic E-state index is 0.842. The van der Waals surface area contributed by atoms with Gasteiger partial charge in [-0.2, -0.15) is 0 Å². The van der Waals surface area contributed by atoms with Crippen molar-refractivity contribution in [1.82, 2.24) is 5.32 Å². The highest BCUT2D eigenvalue weighted by molar-refractivity contribution is 14.1. The van der Waals surface area contributed by atoms with Crippen molar-refractivity contribution in [2.75, 3.05) is 6.54 Å². The Balaban J connectivity index is 2.11. The largest absolute Gasteiger partial charge is 0.457 e. The van der Waals surface area contributed by atoms with Gasteiger partial charge in [0.2, 0.25) is 0 Å². The van der Waals surface area contributed by atoms with Crippen LogP contribution in [0.25, 0.3) is 0 Å². The van der Waals surface area contributed by atoms with Crippen molar-refractivity contribution in [1.29, 1.82) is 0 Å². The first-order chi connectivity index (χ1) is 9.19. The second kappa shape index (κ2) is 7.26. The molecular weight excluding hydrogens is 417 g/mol. The number of hydrogen-bond acceptors (Lipinski definition) is 2. The molecule has 1 N–H and O–H groups in total. The molecule has 2 aromatic rings. The van der Waals surface area contributed by atoms with E-state index in [0.29, 0.717) is 0 Å². The minimum Gasteiger partial charge on any atom is -0.457 e. The van der Waals surface area contributed by atoms with Crippen LogP contribution < -0.4 is 10.1 Å². The van der Waals surface area contributed by atoms with Crippen LogP contribution in [0.15, 0.2) is 46.9 Å². The fourth-order valence-corrected chi connectivity index (χ4v) is 2.67.